The Hall–Kier alpha value is -1.84. The zero-order valence-corrected chi connectivity index (χ0v) is 15.8. The lowest BCUT2D eigenvalue weighted by molar-refractivity contribution is 0.102. The topological polar surface area (TPSA) is 41.1 Å². The maximum absolute atomic E-state index is 12.4. The van der Waals surface area contributed by atoms with Crippen LogP contribution in [0.25, 0.3) is 0 Å². The molecule has 4 heteroatoms. The average molecular weight is 371 g/mol. The number of halogens is 1. The molecule has 0 saturated heterocycles. The number of carbonyl (C=O) groups is 1. The molecule has 0 bridgehead atoms. The lowest BCUT2D eigenvalue weighted by atomic mass is 10.0. The number of hydrogen-bond donors (Lipinski definition) is 2. The zero-order valence-electron chi connectivity index (χ0n) is 15.0. The van der Waals surface area contributed by atoms with Crippen molar-refractivity contribution in [3.05, 3.63) is 65.7 Å². The van der Waals surface area contributed by atoms with Gasteiger partial charge < -0.3 is 10.6 Å². The van der Waals surface area contributed by atoms with Gasteiger partial charge in [-0.15, -0.1) is 12.4 Å². The lowest BCUT2D eigenvalue weighted by Crippen LogP contribution is -2.20. The second kappa shape index (κ2) is 8.70. The second-order valence-corrected chi connectivity index (χ2v) is 7.51. The maximum Gasteiger partial charge on any atom is 0.255 e. The number of nitrogens with one attached hydrogen (secondary N) is 2. The number of rotatable bonds is 8. The van der Waals surface area contributed by atoms with E-state index in [1.54, 1.807) is 0 Å². The molecule has 2 saturated carbocycles. The van der Waals surface area contributed by atoms with E-state index < -0.39 is 0 Å². The molecule has 0 radical (unpaired) electrons. The van der Waals surface area contributed by atoms with E-state index >= 15 is 0 Å². The van der Waals surface area contributed by atoms with Crippen LogP contribution in [0.1, 0.15) is 41.6 Å². The van der Waals surface area contributed by atoms with Gasteiger partial charge in [-0.1, -0.05) is 30.3 Å². The molecule has 2 fully saturated rings. The lowest BCUT2D eigenvalue weighted by Gasteiger charge is -2.07. The van der Waals surface area contributed by atoms with Gasteiger partial charge in [0, 0.05) is 17.3 Å². The van der Waals surface area contributed by atoms with Crippen LogP contribution < -0.4 is 10.6 Å². The van der Waals surface area contributed by atoms with Crippen molar-refractivity contribution >= 4 is 24.0 Å². The number of amides is 1. The largest absolute Gasteiger partial charge is 0.322 e. The first-order valence-corrected chi connectivity index (χ1v) is 9.46. The molecule has 0 spiro atoms. The van der Waals surface area contributed by atoms with Gasteiger partial charge in [0.1, 0.15) is 0 Å². The Morgan fingerprint density at radius 2 is 1.85 bits per heavy atom. The first-order valence-electron chi connectivity index (χ1n) is 9.46. The van der Waals surface area contributed by atoms with E-state index in [-0.39, 0.29) is 18.3 Å². The van der Waals surface area contributed by atoms with Crippen LogP contribution in [-0.4, -0.2) is 18.5 Å². The van der Waals surface area contributed by atoms with E-state index in [2.05, 4.69) is 16.7 Å². The molecule has 0 aliphatic heterocycles. The summed E-state index contributed by atoms with van der Waals surface area (Å²) < 4.78 is 0. The van der Waals surface area contributed by atoms with Crippen molar-refractivity contribution in [1.29, 1.82) is 0 Å². The van der Waals surface area contributed by atoms with Crippen LogP contribution in [0.2, 0.25) is 0 Å². The third kappa shape index (κ3) is 5.33. The third-order valence-corrected chi connectivity index (χ3v) is 5.31. The number of carbonyl (C=O) groups excluding carboxylic acids is 1. The minimum Gasteiger partial charge on any atom is -0.322 e. The Morgan fingerprint density at radius 3 is 2.62 bits per heavy atom. The van der Waals surface area contributed by atoms with Crippen molar-refractivity contribution in [2.24, 2.45) is 11.8 Å². The van der Waals surface area contributed by atoms with E-state index in [1.165, 1.54) is 37.8 Å². The number of anilines is 1. The fourth-order valence-electron chi connectivity index (χ4n) is 3.40. The molecular formula is C22H27ClN2O. The SMILES string of the molecule is Cl.O=C(Nc1ccccc1)c1cccc(CC[C@@H]2C[C@H]2NCC2CC2)c1. The summed E-state index contributed by atoms with van der Waals surface area (Å²) >= 11 is 0. The molecule has 0 heterocycles. The van der Waals surface area contributed by atoms with Gasteiger partial charge in [0.2, 0.25) is 0 Å². The van der Waals surface area contributed by atoms with Crippen molar-refractivity contribution in [3.8, 4) is 0 Å². The van der Waals surface area contributed by atoms with Crippen LogP contribution in [0.5, 0.6) is 0 Å². The van der Waals surface area contributed by atoms with Crippen molar-refractivity contribution in [1.82, 2.24) is 5.32 Å². The standard InChI is InChI=1S/C22H26N2O.ClH/c25-22(24-20-7-2-1-3-8-20)19-6-4-5-16(13-19)11-12-18-14-21(18)23-15-17-9-10-17;/h1-8,13,17-18,21,23H,9-12,14-15H2,(H,24,25);1H/t18-,21-;/m1./s1. The Bertz CT molecular complexity index is 730. The molecule has 138 valence electrons. The van der Waals surface area contributed by atoms with Gasteiger partial charge in [0.05, 0.1) is 0 Å². The average Bonchev–Trinajstić information content (AvgIpc) is 3.54. The smallest absolute Gasteiger partial charge is 0.255 e. The van der Waals surface area contributed by atoms with Crippen LogP contribution in [0.15, 0.2) is 54.6 Å². The minimum absolute atomic E-state index is 0. The predicted molar refractivity (Wildman–Crippen MR) is 109 cm³/mol. The summed E-state index contributed by atoms with van der Waals surface area (Å²) in [7, 11) is 0. The summed E-state index contributed by atoms with van der Waals surface area (Å²) in [6.45, 7) is 1.22. The van der Waals surface area contributed by atoms with Crippen molar-refractivity contribution < 1.29 is 4.79 Å². The number of aryl methyl sites for hydroxylation is 1. The highest BCUT2D eigenvalue weighted by Crippen LogP contribution is 2.36. The van der Waals surface area contributed by atoms with Crippen LogP contribution in [0.3, 0.4) is 0 Å². The number of hydrogen-bond acceptors (Lipinski definition) is 2. The van der Waals surface area contributed by atoms with Crippen molar-refractivity contribution in [2.75, 3.05) is 11.9 Å². The molecule has 1 amide bonds. The number of para-hydroxylation sites is 1. The first-order chi connectivity index (χ1) is 12.3. The van der Waals surface area contributed by atoms with Crippen LogP contribution >= 0.6 is 12.4 Å². The number of benzene rings is 2. The monoisotopic (exact) mass is 370 g/mol. The van der Waals surface area contributed by atoms with Gasteiger partial charge in [-0.05, 0) is 80.3 Å². The Balaban J connectivity index is 0.00000196. The van der Waals surface area contributed by atoms with Gasteiger partial charge in [-0.3, -0.25) is 4.79 Å². The van der Waals surface area contributed by atoms with E-state index in [1.807, 2.05) is 48.5 Å². The summed E-state index contributed by atoms with van der Waals surface area (Å²) in [6, 6.07) is 18.4. The molecule has 0 aromatic heterocycles. The molecule has 2 aliphatic carbocycles. The Labute approximate surface area is 162 Å². The predicted octanol–water partition coefficient (Wildman–Crippen LogP) is 4.68. The van der Waals surface area contributed by atoms with Gasteiger partial charge in [0.25, 0.3) is 5.91 Å². The normalized spacial score (nSPS) is 20.9. The Morgan fingerprint density at radius 1 is 1.04 bits per heavy atom. The Kier molecular flexibility index (Phi) is 6.33. The fourth-order valence-corrected chi connectivity index (χ4v) is 3.40. The van der Waals surface area contributed by atoms with Crippen molar-refractivity contribution in [2.45, 2.75) is 38.1 Å². The van der Waals surface area contributed by atoms with Crippen molar-refractivity contribution in [3.63, 3.8) is 0 Å². The van der Waals surface area contributed by atoms with E-state index in [0.717, 1.165) is 35.5 Å². The molecular weight excluding hydrogens is 344 g/mol. The van der Waals surface area contributed by atoms with E-state index in [4.69, 9.17) is 0 Å². The summed E-state index contributed by atoms with van der Waals surface area (Å²) in [5, 5.41) is 6.65. The second-order valence-electron chi connectivity index (χ2n) is 7.51. The zero-order chi connectivity index (χ0) is 17.1. The van der Waals surface area contributed by atoms with Gasteiger partial charge >= 0.3 is 0 Å². The summed E-state index contributed by atoms with van der Waals surface area (Å²) in [4.78, 5) is 12.4. The van der Waals surface area contributed by atoms with Crippen LogP contribution in [0, 0.1) is 11.8 Å². The molecule has 0 unspecified atom stereocenters. The summed E-state index contributed by atoms with van der Waals surface area (Å²) in [6.07, 6.45) is 6.43. The molecule has 2 atom stereocenters. The van der Waals surface area contributed by atoms with Gasteiger partial charge in [-0.2, -0.15) is 0 Å². The fraction of sp³-hybridized carbons (Fsp3) is 0.409. The molecule has 2 aliphatic rings. The van der Waals surface area contributed by atoms with Crippen LogP contribution in [-0.2, 0) is 6.42 Å². The van der Waals surface area contributed by atoms with Crippen LogP contribution in [0.4, 0.5) is 5.69 Å². The molecule has 4 rings (SSSR count). The van der Waals surface area contributed by atoms with Gasteiger partial charge in [-0.25, -0.2) is 0 Å². The van der Waals surface area contributed by atoms with Gasteiger partial charge in [0.15, 0.2) is 0 Å². The highest BCUT2D eigenvalue weighted by Gasteiger charge is 2.37. The molecule has 3 nitrogen and oxygen atoms in total. The summed E-state index contributed by atoms with van der Waals surface area (Å²) in [5.41, 5.74) is 2.83. The quantitative estimate of drug-likeness (QED) is 0.708. The minimum atomic E-state index is -0.0385. The molecule has 26 heavy (non-hydrogen) atoms. The highest BCUT2D eigenvalue weighted by molar-refractivity contribution is 6.04. The highest BCUT2D eigenvalue weighted by atomic mass is 35.5. The molecule has 2 N–H and O–H groups in total. The van der Waals surface area contributed by atoms with E-state index in [0.29, 0.717) is 0 Å². The molecule has 2 aromatic rings. The molecule has 2 aromatic carbocycles. The third-order valence-electron chi connectivity index (χ3n) is 5.31. The summed E-state index contributed by atoms with van der Waals surface area (Å²) in [5.74, 6) is 1.74. The van der Waals surface area contributed by atoms with E-state index in [9.17, 15) is 4.79 Å². The maximum atomic E-state index is 12.4. The first kappa shape index (κ1) is 18.9.